The molecule has 2 amide bonds. The van der Waals surface area contributed by atoms with E-state index in [1.807, 2.05) is 0 Å². The molecule has 0 atom stereocenters. The number of nitrogens with zero attached hydrogens (tertiary/aromatic N) is 1. The van der Waals surface area contributed by atoms with Crippen LogP contribution in [0, 0.1) is 5.41 Å². The molecule has 0 aliphatic carbocycles. The number of rotatable bonds is 4. The van der Waals surface area contributed by atoms with Crippen LogP contribution in [0.3, 0.4) is 0 Å². The highest BCUT2D eigenvalue weighted by Gasteiger charge is 2.26. The van der Waals surface area contributed by atoms with Crippen molar-refractivity contribution in [3.8, 4) is 0 Å². The monoisotopic (exact) mass is 345 g/mol. The Labute approximate surface area is 141 Å². The van der Waals surface area contributed by atoms with E-state index >= 15 is 0 Å². The summed E-state index contributed by atoms with van der Waals surface area (Å²) < 4.78 is 4.92. The van der Waals surface area contributed by atoms with Crippen LogP contribution in [0.2, 0.25) is 0 Å². The van der Waals surface area contributed by atoms with Crippen molar-refractivity contribution in [3.05, 3.63) is 46.2 Å². The molecule has 2 aromatic rings. The van der Waals surface area contributed by atoms with Gasteiger partial charge in [0.25, 0.3) is 0 Å². The van der Waals surface area contributed by atoms with Crippen LogP contribution < -0.4 is 5.32 Å². The van der Waals surface area contributed by atoms with E-state index in [2.05, 4.69) is 5.32 Å². The minimum Gasteiger partial charge on any atom is -0.472 e. The largest absolute Gasteiger partial charge is 0.472 e. The highest BCUT2D eigenvalue weighted by atomic mass is 32.1. The summed E-state index contributed by atoms with van der Waals surface area (Å²) in [6.07, 6.45) is 6.86. The van der Waals surface area contributed by atoms with Crippen LogP contribution in [-0.4, -0.2) is 34.8 Å². The fourth-order valence-corrected chi connectivity index (χ4v) is 3.78. The number of carboxylic acid groups (broad SMARTS) is 1. The van der Waals surface area contributed by atoms with Gasteiger partial charge in [-0.25, -0.2) is 4.79 Å². The third-order valence-corrected chi connectivity index (χ3v) is 4.87. The first-order valence-electron chi connectivity index (χ1n) is 7.22. The van der Waals surface area contributed by atoms with Crippen LogP contribution in [0.15, 0.2) is 29.1 Å². The van der Waals surface area contributed by atoms with Crippen LogP contribution in [0.5, 0.6) is 0 Å². The SMILES string of the molecule is N=Cc1c(NC(=O)/C=C/c2ccoc2)sc2c1CCN(C(=O)O)C2. The molecule has 7 nitrogen and oxygen atoms in total. The Morgan fingerprint density at radius 1 is 1.46 bits per heavy atom. The Bertz CT molecular complexity index is 808. The predicted molar refractivity (Wildman–Crippen MR) is 90.7 cm³/mol. The maximum atomic E-state index is 12.1. The van der Waals surface area contributed by atoms with Crippen LogP contribution in [-0.2, 0) is 17.8 Å². The van der Waals surface area contributed by atoms with Gasteiger partial charge < -0.3 is 25.1 Å². The van der Waals surface area contributed by atoms with Crippen LogP contribution >= 0.6 is 11.3 Å². The van der Waals surface area contributed by atoms with E-state index in [0.717, 1.165) is 16.0 Å². The van der Waals surface area contributed by atoms with Crippen molar-refractivity contribution in [2.24, 2.45) is 0 Å². The molecule has 0 unspecified atom stereocenters. The standard InChI is InChI=1S/C16H15N3O4S/c17-7-12-11-3-5-19(16(21)22)8-13(11)24-15(12)18-14(20)2-1-10-4-6-23-9-10/h1-2,4,6-7,9,17H,3,5,8H2,(H,18,20)(H,21,22)/b2-1+,17-7?. The molecular formula is C16H15N3O4S. The van der Waals surface area contributed by atoms with Gasteiger partial charge in [-0.3, -0.25) is 4.79 Å². The van der Waals surface area contributed by atoms with E-state index < -0.39 is 6.09 Å². The highest BCUT2D eigenvalue weighted by Crippen LogP contribution is 2.36. The molecule has 124 valence electrons. The number of amides is 2. The summed E-state index contributed by atoms with van der Waals surface area (Å²) in [5.41, 5.74) is 2.38. The van der Waals surface area contributed by atoms with E-state index in [0.29, 0.717) is 23.5 Å². The molecule has 0 fully saturated rings. The van der Waals surface area contributed by atoms with Crippen molar-refractivity contribution in [2.75, 3.05) is 11.9 Å². The van der Waals surface area contributed by atoms with Crippen molar-refractivity contribution in [1.82, 2.24) is 4.90 Å². The van der Waals surface area contributed by atoms with Gasteiger partial charge in [0.2, 0.25) is 5.91 Å². The zero-order valence-electron chi connectivity index (χ0n) is 12.6. The molecule has 0 spiro atoms. The molecule has 0 aromatic carbocycles. The molecule has 3 heterocycles. The molecule has 1 aliphatic rings. The molecule has 0 saturated heterocycles. The van der Waals surface area contributed by atoms with Gasteiger partial charge in [0, 0.05) is 34.8 Å². The molecule has 2 aromatic heterocycles. The van der Waals surface area contributed by atoms with Gasteiger partial charge in [-0.2, -0.15) is 0 Å². The van der Waals surface area contributed by atoms with Gasteiger partial charge in [-0.1, -0.05) is 0 Å². The maximum absolute atomic E-state index is 12.1. The fourth-order valence-electron chi connectivity index (χ4n) is 2.53. The quantitative estimate of drug-likeness (QED) is 0.585. The fraction of sp³-hybridized carbons (Fsp3) is 0.188. The number of carbonyl (C=O) groups excluding carboxylic acids is 1. The summed E-state index contributed by atoms with van der Waals surface area (Å²) in [5, 5.41) is 20.1. The van der Waals surface area contributed by atoms with Gasteiger partial charge in [0.1, 0.15) is 5.00 Å². The summed E-state index contributed by atoms with van der Waals surface area (Å²) in [7, 11) is 0. The number of hydrogen-bond acceptors (Lipinski definition) is 5. The first-order chi connectivity index (χ1) is 11.6. The maximum Gasteiger partial charge on any atom is 0.407 e. The number of furan rings is 1. The van der Waals surface area contributed by atoms with E-state index in [-0.39, 0.29) is 12.5 Å². The van der Waals surface area contributed by atoms with Gasteiger partial charge in [-0.05, 0) is 24.1 Å². The first-order valence-corrected chi connectivity index (χ1v) is 8.04. The number of carbonyl (C=O) groups is 2. The van der Waals surface area contributed by atoms with Gasteiger partial charge in [-0.15, -0.1) is 11.3 Å². The Kier molecular flexibility index (Phi) is 4.48. The van der Waals surface area contributed by atoms with E-state index in [9.17, 15) is 9.59 Å². The van der Waals surface area contributed by atoms with Crippen molar-refractivity contribution in [3.63, 3.8) is 0 Å². The minimum absolute atomic E-state index is 0.289. The molecule has 3 N–H and O–H groups in total. The van der Waals surface area contributed by atoms with Crippen molar-refractivity contribution in [2.45, 2.75) is 13.0 Å². The zero-order valence-corrected chi connectivity index (χ0v) is 13.4. The van der Waals surface area contributed by atoms with Gasteiger partial charge >= 0.3 is 6.09 Å². The van der Waals surface area contributed by atoms with Crippen molar-refractivity contribution in [1.29, 1.82) is 5.41 Å². The van der Waals surface area contributed by atoms with E-state index in [4.69, 9.17) is 14.9 Å². The molecule has 0 bridgehead atoms. The molecular weight excluding hydrogens is 330 g/mol. The molecule has 8 heteroatoms. The number of nitrogens with one attached hydrogen (secondary N) is 2. The second-order valence-electron chi connectivity index (χ2n) is 5.22. The minimum atomic E-state index is -0.959. The van der Waals surface area contributed by atoms with Crippen LogP contribution in [0.1, 0.15) is 21.6 Å². The normalized spacial score (nSPS) is 13.8. The Morgan fingerprint density at radius 2 is 2.29 bits per heavy atom. The summed E-state index contributed by atoms with van der Waals surface area (Å²) in [5.74, 6) is -0.312. The number of fused-ring (bicyclic) bond motifs is 1. The highest BCUT2D eigenvalue weighted by molar-refractivity contribution is 7.17. The van der Waals surface area contributed by atoms with Gasteiger partial charge in [0.15, 0.2) is 0 Å². The lowest BCUT2D eigenvalue weighted by molar-refractivity contribution is -0.111. The Balaban J connectivity index is 1.78. The summed E-state index contributed by atoms with van der Waals surface area (Å²) in [6, 6.07) is 1.73. The Hall–Kier alpha value is -2.87. The topological polar surface area (TPSA) is 107 Å². The lowest BCUT2D eigenvalue weighted by Gasteiger charge is -2.24. The molecule has 0 radical (unpaired) electrons. The Morgan fingerprint density at radius 3 is 2.96 bits per heavy atom. The van der Waals surface area contributed by atoms with Crippen LogP contribution in [0.4, 0.5) is 9.80 Å². The predicted octanol–water partition coefficient (Wildman–Crippen LogP) is 3.03. The molecule has 24 heavy (non-hydrogen) atoms. The van der Waals surface area contributed by atoms with E-state index in [1.54, 1.807) is 12.1 Å². The second-order valence-corrected chi connectivity index (χ2v) is 6.33. The third-order valence-electron chi connectivity index (χ3n) is 3.72. The number of anilines is 1. The molecule has 3 rings (SSSR count). The van der Waals surface area contributed by atoms with Crippen molar-refractivity contribution >= 4 is 40.6 Å². The molecule has 0 saturated carbocycles. The van der Waals surface area contributed by atoms with Crippen LogP contribution in [0.25, 0.3) is 6.08 Å². The summed E-state index contributed by atoms with van der Waals surface area (Å²) in [4.78, 5) is 25.4. The van der Waals surface area contributed by atoms with E-state index in [1.165, 1.54) is 41.1 Å². The average Bonchev–Trinajstić information content (AvgIpc) is 3.19. The zero-order chi connectivity index (χ0) is 17.1. The van der Waals surface area contributed by atoms with Crippen molar-refractivity contribution < 1.29 is 19.1 Å². The smallest absolute Gasteiger partial charge is 0.407 e. The summed E-state index contributed by atoms with van der Waals surface area (Å²) in [6.45, 7) is 0.685. The molecule has 1 aliphatic heterocycles. The lowest BCUT2D eigenvalue weighted by atomic mass is 10.0. The number of thiophene rings is 1. The average molecular weight is 345 g/mol. The summed E-state index contributed by atoms with van der Waals surface area (Å²) >= 11 is 1.32. The first kappa shape index (κ1) is 16.0. The lowest BCUT2D eigenvalue weighted by Crippen LogP contribution is -2.34. The number of hydrogen-bond donors (Lipinski definition) is 3. The third kappa shape index (κ3) is 3.23. The second kappa shape index (κ2) is 6.71. The van der Waals surface area contributed by atoms with Gasteiger partial charge in [0.05, 0.1) is 19.1 Å².